The molecule has 0 saturated carbocycles. The number of anilines is 2. The topological polar surface area (TPSA) is 111 Å². The van der Waals surface area contributed by atoms with Gasteiger partial charge in [-0.25, -0.2) is 9.59 Å². The minimum atomic E-state index is -0.995. The highest BCUT2D eigenvalue weighted by Crippen LogP contribution is 2.21. The highest BCUT2D eigenvalue weighted by Gasteiger charge is 2.15. The van der Waals surface area contributed by atoms with Gasteiger partial charge < -0.3 is 15.4 Å². The molecule has 0 bridgehead atoms. The van der Waals surface area contributed by atoms with Crippen LogP contribution >= 0.6 is 0 Å². The molecular weight excluding hydrogens is 333 g/mol. The lowest BCUT2D eigenvalue weighted by atomic mass is 10.2. The van der Waals surface area contributed by atoms with Gasteiger partial charge in [0.2, 0.25) is 5.82 Å². The zero-order valence-corrected chi connectivity index (χ0v) is 13.1. The lowest BCUT2D eigenvalue weighted by Gasteiger charge is -2.08. The van der Waals surface area contributed by atoms with Crippen molar-refractivity contribution in [1.29, 1.82) is 0 Å². The monoisotopic (exact) mass is 347 g/mol. The average molecular weight is 347 g/mol. The van der Waals surface area contributed by atoms with Crippen molar-refractivity contribution in [2.45, 2.75) is 6.92 Å². The van der Waals surface area contributed by atoms with Gasteiger partial charge in [-0.15, -0.1) is 0 Å². The van der Waals surface area contributed by atoms with Crippen molar-refractivity contribution in [2.75, 3.05) is 17.2 Å². The first-order chi connectivity index (χ1) is 11.9. The van der Waals surface area contributed by atoms with Crippen LogP contribution in [0.5, 0.6) is 0 Å². The summed E-state index contributed by atoms with van der Waals surface area (Å²) in [4.78, 5) is 33.2. The van der Waals surface area contributed by atoms with E-state index >= 15 is 0 Å². The summed E-state index contributed by atoms with van der Waals surface area (Å²) in [5.41, 5.74) is 0.0504. The van der Waals surface area contributed by atoms with E-state index in [0.717, 1.165) is 12.1 Å². The summed E-state index contributed by atoms with van der Waals surface area (Å²) < 4.78 is 18.1. The van der Waals surface area contributed by atoms with Gasteiger partial charge in [0.15, 0.2) is 0 Å². The van der Waals surface area contributed by atoms with E-state index in [1.165, 1.54) is 30.3 Å². The van der Waals surface area contributed by atoms with Crippen LogP contribution in [0.4, 0.5) is 26.2 Å². The Balaban J connectivity index is 2.02. The Labute approximate surface area is 141 Å². The fraction of sp³-hybridized carbons (Fsp3) is 0.125. The molecule has 8 nitrogen and oxygen atoms in total. The first-order valence-corrected chi connectivity index (χ1v) is 7.20. The fourth-order valence-corrected chi connectivity index (χ4v) is 1.93. The number of nitro groups is 1. The number of ether oxygens (including phenoxy) is 1. The Morgan fingerprint density at radius 2 is 1.72 bits per heavy atom. The standard InChI is InChI=1S/C16H14FN3O5/c1-2-25-15(21)10-3-5-11(6-4-10)18-16(22)19-12-7-8-13(17)14(9-12)20(23)24/h3-9H,2H2,1H3,(H2,18,19,22). The first-order valence-electron chi connectivity index (χ1n) is 7.20. The molecule has 2 N–H and O–H groups in total. The number of hydrogen-bond acceptors (Lipinski definition) is 5. The smallest absolute Gasteiger partial charge is 0.338 e. The molecule has 0 saturated heterocycles. The highest BCUT2D eigenvalue weighted by molar-refractivity contribution is 6.00. The maximum Gasteiger partial charge on any atom is 0.338 e. The van der Waals surface area contributed by atoms with Crippen LogP contribution in [0.3, 0.4) is 0 Å². The van der Waals surface area contributed by atoms with E-state index in [9.17, 15) is 24.1 Å². The molecule has 0 spiro atoms. The minimum Gasteiger partial charge on any atom is -0.462 e. The molecule has 2 aromatic carbocycles. The predicted octanol–water partition coefficient (Wildman–Crippen LogP) is 3.55. The molecule has 0 aliphatic rings. The van der Waals surface area contributed by atoms with Crippen molar-refractivity contribution >= 4 is 29.1 Å². The van der Waals surface area contributed by atoms with E-state index in [1.807, 2.05) is 0 Å². The van der Waals surface area contributed by atoms with Crippen molar-refractivity contribution in [3.05, 3.63) is 64.0 Å². The molecule has 0 aliphatic carbocycles. The maximum atomic E-state index is 13.3. The molecule has 2 amide bonds. The Kier molecular flexibility index (Phi) is 5.62. The number of halogens is 1. The molecule has 0 fully saturated rings. The summed E-state index contributed by atoms with van der Waals surface area (Å²) in [5, 5.41) is 15.5. The maximum absolute atomic E-state index is 13.3. The number of esters is 1. The van der Waals surface area contributed by atoms with E-state index in [2.05, 4.69) is 10.6 Å². The molecule has 0 aliphatic heterocycles. The third kappa shape index (κ3) is 4.74. The second-order valence-electron chi connectivity index (χ2n) is 4.80. The predicted molar refractivity (Wildman–Crippen MR) is 88.1 cm³/mol. The quantitative estimate of drug-likeness (QED) is 0.488. The summed E-state index contributed by atoms with van der Waals surface area (Å²) >= 11 is 0. The average Bonchev–Trinajstić information content (AvgIpc) is 2.57. The summed E-state index contributed by atoms with van der Waals surface area (Å²) in [7, 11) is 0. The van der Waals surface area contributed by atoms with Gasteiger partial charge in [-0.3, -0.25) is 10.1 Å². The van der Waals surface area contributed by atoms with Crippen LogP contribution in [0.2, 0.25) is 0 Å². The zero-order valence-electron chi connectivity index (χ0n) is 13.1. The van der Waals surface area contributed by atoms with Crippen LogP contribution in [0.1, 0.15) is 17.3 Å². The fourth-order valence-electron chi connectivity index (χ4n) is 1.93. The van der Waals surface area contributed by atoms with Crippen LogP contribution in [-0.2, 0) is 4.74 Å². The van der Waals surface area contributed by atoms with Crippen molar-refractivity contribution < 1.29 is 23.6 Å². The third-order valence-corrected chi connectivity index (χ3v) is 3.05. The molecule has 0 unspecified atom stereocenters. The van der Waals surface area contributed by atoms with Gasteiger partial charge in [-0.1, -0.05) is 0 Å². The van der Waals surface area contributed by atoms with Crippen molar-refractivity contribution in [3.63, 3.8) is 0 Å². The van der Waals surface area contributed by atoms with Crippen molar-refractivity contribution in [1.82, 2.24) is 0 Å². The van der Waals surface area contributed by atoms with Gasteiger partial charge in [0.1, 0.15) is 0 Å². The number of nitrogens with one attached hydrogen (secondary N) is 2. The summed E-state index contributed by atoms with van der Waals surface area (Å²) in [6.07, 6.45) is 0. The van der Waals surface area contributed by atoms with E-state index in [-0.39, 0.29) is 12.3 Å². The van der Waals surface area contributed by atoms with Crippen LogP contribution in [0.25, 0.3) is 0 Å². The lowest BCUT2D eigenvalue weighted by molar-refractivity contribution is -0.387. The zero-order chi connectivity index (χ0) is 18.4. The Morgan fingerprint density at radius 1 is 1.12 bits per heavy atom. The Morgan fingerprint density at radius 3 is 2.32 bits per heavy atom. The third-order valence-electron chi connectivity index (χ3n) is 3.05. The molecule has 0 heterocycles. The molecule has 9 heteroatoms. The van der Waals surface area contributed by atoms with Gasteiger partial charge in [-0.05, 0) is 43.3 Å². The van der Waals surface area contributed by atoms with E-state index < -0.39 is 28.4 Å². The molecular formula is C16H14FN3O5. The number of carbonyl (C=O) groups excluding carboxylic acids is 2. The van der Waals surface area contributed by atoms with Crippen molar-refractivity contribution in [2.24, 2.45) is 0 Å². The lowest BCUT2D eigenvalue weighted by Crippen LogP contribution is -2.19. The van der Waals surface area contributed by atoms with Crippen molar-refractivity contribution in [3.8, 4) is 0 Å². The largest absolute Gasteiger partial charge is 0.462 e. The second-order valence-corrected chi connectivity index (χ2v) is 4.80. The number of nitro benzene ring substituents is 1. The van der Waals surface area contributed by atoms with Gasteiger partial charge >= 0.3 is 17.7 Å². The van der Waals surface area contributed by atoms with E-state index in [0.29, 0.717) is 11.3 Å². The van der Waals surface area contributed by atoms with Crippen LogP contribution in [0, 0.1) is 15.9 Å². The molecule has 0 atom stereocenters. The minimum absolute atomic E-state index is 0.0637. The van der Waals surface area contributed by atoms with Gasteiger partial charge in [0, 0.05) is 17.4 Å². The van der Waals surface area contributed by atoms with Crippen LogP contribution in [0.15, 0.2) is 42.5 Å². The number of rotatable bonds is 5. The molecule has 25 heavy (non-hydrogen) atoms. The molecule has 0 radical (unpaired) electrons. The number of carbonyl (C=O) groups is 2. The number of urea groups is 1. The highest BCUT2D eigenvalue weighted by atomic mass is 19.1. The van der Waals surface area contributed by atoms with Gasteiger partial charge in [0.25, 0.3) is 0 Å². The normalized spacial score (nSPS) is 10.0. The number of nitrogens with zero attached hydrogens (tertiary/aromatic N) is 1. The van der Waals surface area contributed by atoms with Gasteiger partial charge in [0.05, 0.1) is 17.1 Å². The Bertz CT molecular complexity index is 808. The first kappa shape index (κ1) is 17.9. The van der Waals surface area contributed by atoms with Gasteiger partial charge in [-0.2, -0.15) is 4.39 Å². The summed E-state index contributed by atoms with van der Waals surface area (Å²) in [5.74, 6) is -1.47. The van der Waals surface area contributed by atoms with E-state index in [4.69, 9.17) is 4.74 Å². The number of benzene rings is 2. The van der Waals surface area contributed by atoms with Crippen LogP contribution < -0.4 is 10.6 Å². The second kappa shape index (κ2) is 7.86. The summed E-state index contributed by atoms with van der Waals surface area (Å²) in [6, 6.07) is 8.29. The summed E-state index contributed by atoms with van der Waals surface area (Å²) in [6.45, 7) is 1.95. The Hall–Kier alpha value is -3.49. The molecule has 2 rings (SSSR count). The number of amides is 2. The van der Waals surface area contributed by atoms with E-state index in [1.54, 1.807) is 6.92 Å². The number of hydrogen-bond donors (Lipinski definition) is 2. The molecule has 130 valence electrons. The molecule has 2 aromatic rings. The van der Waals surface area contributed by atoms with Crippen LogP contribution in [-0.4, -0.2) is 23.5 Å². The SMILES string of the molecule is CCOC(=O)c1ccc(NC(=O)Nc2ccc(F)c([N+](=O)[O-])c2)cc1. The molecule has 0 aromatic heterocycles.